The summed E-state index contributed by atoms with van der Waals surface area (Å²) < 4.78 is 0. The lowest BCUT2D eigenvalue weighted by molar-refractivity contribution is -0.120. The van der Waals surface area contributed by atoms with Gasteiger partial charge in [0.05, 0.1) is 0 Å². The van der Waals surface area contributed by atoms with Crippen LogP contribution >= 0.6 is 0 Å². The van der Waals surface area contributed by atoms with Crippen LogP contribution in [-0.2, 0) is 11.2 Å². The molecule has 1 aromatic rings. The van der Waals surface area contributed by atoms with Gasteiger partial charge in [0.2, 0.25) is 5.91 Å². The van der Waals surface area contributed by atoms with E-state index in [0.29, 0.717) is 11.8 Å². The van der Waals surface area contributed by atoms with Crippen molar-refractivity contribution < 1.29 is 4.79 Å². The molecule has 1 aromatic carbocycles. The van der Waals surface area contributed by atoms with Gasteiger partial charge in [-0.15, -0.1) is 0 Å². The molecule has 0 radical (unpaired) electrons. The van der Waals surface area contributed by atoms with Gasteiger partial charge in [-0.1, -0.05) is 37.3 Å². The number of allylic oxidation sites excluding steroid dienone is 2. The Balaban J connectivity index is 1.78. The fourth-order valence-corrected chi connectivity index (χ4v) is 3.50. The number of hydrogen-bond donors (Lipinski definition) is 1. The lowest BCUT2D eigenvalue weighted by atomic mass is 9.92. The van der Waals surface area contributed by atoms with Crippen molar-refractivity contribution in [1.29, 1.82) is 0 Å². The van der Waals surface area contributed by atoms with Crippen molar-refractivity contribution in [2.24, 2.45) is 17.8 Å². The highest BCUT2D eigenvalue weighted by atomic mass is 16.1. The van der Waals surface area contributed by atoms with Crippen molar-refractivity contribution in [3.05, 3.63) is 41.5 Å². The van der Waals surface area contributed by atoms with Gasteiger partial charge < -0.3 is 5.32 Å². The zero-order valence-corrected chi connectivity index (χ0v) is 11.6. The zero-order chi connectivity index (χ0) is 13.4. The van der Waals surface area contributed by atoms with Crippen LogP contribution in [0.25, 0.3) is 0 Å². The Kier molecular flexibility index (Phi) is 3.17. The molecule has 0 aromatic heterocycles. The molecule has 3 atom stereocenters. The van der Waals surface area contributed by atoms with E-state index in [0.717, 1.165) is 24.1 Å². The number of carbonyl (C=O) groups is 1. The summed E-state index contributed by atoms with van der Waals surface area (Å²) in [5, 5.41) is 3.18. The van der Waals surface area contributed by atoms with Gasteiger partial charge >= 0.3 is 0 Å². The first-order chi connectivity index (χ1) is 9.19. The molecule has 0 heterocycles. The maximum absolute atomic E-state index is 12.5. The summed E-state index contributed by atoms with van der Waals surface area (Å²) in [4.78, 5) is 12.5. The van der Waals surface area contributed by atoms with Crippen LogP contribution < -0.4 is 5.32 Å². The lowest BCUT2D eigenvalue weighted by Gasteiger charge is -2.20. The number of fused-ring (bicyclic) bond motifs is 2. The second-order valence-corrected chi connectivity index (χ2v) is 5.84. The summed E-state index contributed by atoms with van der Waals surface area (Å²) in [6.07, 6.45) is 7.66. The average Bonchev–Trinajstić information content (AvgIpc) is 3.03. The Morgan fingerprint density at radius 3 is 2.79 bits per heavy atom. The minimum absolute atomic E-state index is 0.180. The molecule has 2 heteroatoms. The number of benzene rings is 1. The molecule has 0 spiro atoms. The highest BCUT2D eigenvalue weighted by molar-refractivity contribution is 5.94. The van der Waals surface area contributed by atoms with E-state index in [2.05, 4.69) is 49.5 Å². The Labute approximate surface area is 114 Å². The van der Waals surface area contributed by atoms with Crippen LogP contribution in [0.1, 0.15) is 30.9 Å². The van der Waals surface area contributed by atoms with E-state index in [9.17, 15) is 4.79 Å². The van der Waals surface area contributed by atoms with Crippen molar-refractivity contribution in [2.75, 3.05) is 5.32 Å². The van der Waals surface area contributed by atoms with Gasteiger partial charge in [-0.2, -0.15) is 0 Å². The fraction of sp³-hybridized carbons (Fsp3) is 0.471. The molecule has 2 nitrogen and oxygen atoms in total. The zero-order valence-electron chi connectivity index (χ0n) is 11.6. The Bertz CT molecular complexity index is 532. The number of para-hydroxylation sites is 1. The Morgan fingerprint density at radius 1 is 1.32 bits per heavy atom. The minimum Gasteiger partial charge on any atom is -0.325 e. The van der Waals surface area contributed by atoms with E-state index >= 15 is 0 Å². The molecular formula is C17H21NO. The number of aryl methyl sites for hydroxylation is 2. The molecule has 1 N–H and O–H groups in total. The molecule has 3 rings (SSSR count). The number of carbonyl (C=O) groups excluding carboxylic acids is 1. The third-order valence-electron chi connectivity index (χ3n) is 4.60. The predicted molar refractivity (Wildman–Crippen MR) is 78.0 cm³/mol. The number of anilines is 1. The summed E-state index contributed by atoms with van der Waals surface area (Å²) in [6.45, 7) is 4.19. The molecule has 2 aliphatic rings. The van der Waals surface area contributed by atoms with Gasteiger partial charge in [0, 0.05) is 11.6 Å². The number of rotatable bonds is 3. The highest BCUT2D eigenvalue weighted by Gasteiger charge is 2.39. The van der Waals surface area contributed by atoms with Crippen molar-refractivity contribution in [2.45, 2.75) is 33.1 Å². The number of nitrogens with one attached hydrogen (secondary N) is 1. The maximum atomic E-state index is 12.5. The van der Waals surface area contributed by atoms with Gasteiger partial charge in [0.15, 0.2) is 0 Å². The van der Waals surface area contributed by atoms with Gasteiger partial charge in [-0.05, 0) is 49.1 Å². The number of hydrogen-bond acceptors (Lipinski definition) is 1. The van der Waals surface area contributed by atoms with Gasteiger partial charge in [0.1, 0.15) is 0 Å². The first kappa shape index (κ1) is 12.5. The summed E-state index contributed by atoms with van der Waals surface area (Å²) in [5.41, 5.74) is 3.42. The summed E-state index contributed by atoms with van der Waals surface area (Å²) in [5.74, 6) is 1.50. The fourth-order valence-electron chi connectivity index (χ4n) is 3.50. The van der Waals surface area contributed by atoms with E-state index in [1.54, 1.807) is 0 Å². The average molecular weight is 255 g/mol. The van der Waals surface area contributed by atoms with Crippen molar-refractivity contribution >= 4 is 11.6 Å². The van der Waals surface area contributed by atoms with E-state index in [1.807, 2.05) is 0 Å². The molecule has 1 fully saturated rings. The second kappa shape index (κ2) is 4.84. The molecule has 1 saturated carbocycles. The third kappa shape index (κ3) is 2.20. The molecule has 2 bridgehead atoms. The quantitative estimate of drug-likeness (QED) is 0.820. The van der Waals surface area contributed by atoms with Crippen LogP contribution in [0.2, 0.25) is 0 Å². The molecule has 0 aliphatic heterocycles. The van der Waals surface area contributed by atoms with Crippen LogP contribution in [0.5, 0.6) is 0 Å². The third-order valence-corrected chi connectivity index (χ3v) is 4.60. The predicted octanol–water partition coefficient (Wildman–Crippen LogP) is 3.71. The molecule has 0 unspecified atom stereocenters. The van der Waals surface area contributed by atoms with E-state index in [-0.39, 0.29) is 11.8 Å². The lowest BCUT2D eigenvalue weighted by Crippen LogP contribution is -2.26. The first-order valence-electron chi connectivity index (χ1n) is 7.26. The summed E-state index contributed by atoms with van der Waals surface area (Å²) in [7, 11) is 0. The molecule has 0 saturated heterocycles. The van der Waals surface area contributed by atoms with E-state index in [4.69, 9.17) is 0 Å². The van der Waals surface area contributed by atoms with E-state index < -0.39 is 0 Å². The van der Waals surface area contributed by atoms with Crippen LogP contribution in [-0.4, -0.2) is 5.91 Å². The highest BCUT2D eigenvalue weighted by Crippen LogP contribution is 2.44. The second-order valence-electron chi connectivity index (χ2n) is 5.84. The first-order valence-corrected chi connectivity index (χ1v) is 7.26. The smallest absolute Gasteiger partial charge is 0.228 e. The largest absolute Gasteiger partial charge is 0.325 e. The molecule has 1 amide bonds. The molecule has 100 valence electrons. The molecule has 2 aliphatic carbocycles. The normalized spacial score (nSPS) is 27.8. The van der Waals surface area contributed by atoms with Crippen LogP contribution in [0.15, 0.2) is 30.4 Å². The standard InChI is InChI=1S/C17H21NO/c1-3-13-6-4-5-11(2)16(13)18-17(19)15-10-12-7-8-14(15)9-12/h4-8,12,14-15H,3,9-10H2,1-2H3,(H,18,19)/t12-,14-,15-/m0/s1. The number of amides is 1. The minimum atomic E-state index is 0.180. The monoisotopic (exact) mass is 255 g/mol. The van der Waals surface area contributed by atoms with Gasteiger partial charge in [0.25, 0.3) is 0 Å². The van der Waals surface area contributed by atoms with Crippen LogP contribution in [0, 0.1) is 24.7 Å². The van der Waals surface area contributed by atoms with Crippen molar-refractivity contribution in [3.8, 4) is 0 Å². The van der Waals surface area contributed by atoms with Gasteiger partial charge in [-0.25, -0.2) is 0 Å². The maximum Gasteiger partial charge on any atom is 0.228 e. The summed E-state index contributed by atoms with van der Waals surface area (Å²) in [6, 6.07) is 6.23. The molecule has 19 heavy (non-hydrogen) atoms. The SMILES string of the molecule is CCc1cccc(C)c1NC(=O)[C@H]1C[C@H]2C=C[C@H]1C2. The topological polar surface area (TPSA) is 29.1 Å². The van der Waals surface area contributed by atoms with Crippen LogP contribution in [0.4, 0.5) is 5.69 Å². The summed E-state index contributed by atoms with van der Waals surface area (Å²) >= 11 is 0. The Hall–Kier alpha value is -1.57. The van der Waals surface area contributed by atoms with Crippen molar-refractivity contribution in [3.63, 3.8) is 0 Å². The van der Waals surface area contributed by atoms with Crippen molar-refractivity contribution in [1.82, 2.24) is 0 Å². The molecular weight excluding hydrogens is 234 g/mol. The van der Waals surface area contributed by atoms with Gasteiger partial charge in [-0.3, -0.25) is 4.79 Å². The van der Waals surface area contributed by atoms with Crippen LogP contribution in [0.3, 0.4) is 0 Å². The Morgan fingerprint density at radius 2 is 2.16 bits per heavy atom. The van der Waals surface area contributed by atoms with E-state index in [1.165, 1.54) is 12.0 Å².